The lowest BCUT2D eigenvalue weighted by Crippen LogP contribution is -2.06. The number of hydrogen-bond acceptors (Lipinski definition) is 3. The van der Waals surface area contributed by atoms with Crippen LogP contribution in [0.4, 0.5) is 19.0 Å². The second kappa shape index (κ2) is 7.08. The van der Waals surface area contributed by atoms with E-state index in [1.165, 1.54) is 18.3 Å². The Labute approximate surface area is 169 Å². The summed E-state index contributed by atoms with van der Waals surface area (Å²) < 4.78 is 40.6. The Balaban J connectivity index is 1.68. The summed E-state index contributed by atoms with van der Waals surface area (Å²) in [6.45, 7) is 1.87. The predicted octanol–water partition coefficient (Wildman–Crippen LogP) is 5.80. The maximum atomic E-state index is 13.0. The van der Waals surface area contributed by atoms with E-state index < -0.39 is 11.7 Å². The number of nitrogens with zero attached hydrogens (tertiary/aromatic N) is 3. The van der Waals surface area contributed by atoms with Crippen LogP contribution in [-0.2, 0) is 6.18 Å². The molecule has 0 radical (unpaired) electrons. The Bertz CT molecular complexity index is 1180. The van der Waals surface area contributed by atoms with E-state index in [-0.39, 0.29) is 5.92 Å². The molecule has 0 amide bonds. The maximum Gasteiger partial charge on any atom is 0.416 e. The first-order chi connectivity index (χ1) is 13.8. The molecule has 29 heavy (non-hydrogen) atoms. The molecule has 2 aromatic heterocycles. The van der Waals surface area contributed by atoms with Crippen molar-refractivity contribution in [3.63, 3.8) is 0 Å². The van der Waals surface area contributed by atoms with Gasteiger partial charge < -0.3 is 5.73 Å². The van der Waals surface area contributed by atoms with E-state index in [0.29, 0.717) is 27.7 Å². The molecule has 0 aliphatic rings. The van der Waals surface area contributed by atoms with Crippen molar-refractivity contribution in [2.45, 2.75) is 19.0 Å². The van der Waals surface area contributed by atoms with Gasteiger partial charge in [0.15, 0.2) is 0 Å². The van der Waals surface area contributed by atoms with E-state index in [4.69, 9.17) is 17.3 Å². The van der Waals surface area contributed by atoms with Crippen molar-refractivity contribution in [3.05, 3.63) is 82.9 Å². The Hall–Kier alpha value is -3.06. The van der Waals surface area contributed by atoms with Crippen LogP contribution in [0.3, 0.4) is 0 Å². The lowest BCUT2D eigenvalue weighted by atomic mass is 9.91. The van der Waals surface area contributed by atoms with Crippen molar-refractivity contribution in [3.8, 4) is 11.3 Å². The number of nitrogens with two attached hydrogens (primary N) is 1. The average molecular weight is 417 g/mol. The van der Waals surface area contributed by atoms with Crippen LogP contribution in [0.5, 0.6) is 0 Å². The summed E-state index contributed by atoms with van der Waals surface area (Å²) in [6, 6.07) is 12.9. The summed E-state index contributed by atoms with van der Waals surface area (Å²) in [5.41, 5.74) is 8.88. The fraction of sp³-hybridized carbons (Fsp3) is 0.143. The van der Waals surface area contributed by atoms with Gasteiger partial charge in [0, 0.05) is 11.5 Å². The van der Waals surface area contributed by atoms with Crippen LogP contribution in [-0.4, -0.2) is 14.4 Å². The molecule has 0 fully saturated rings. The summed E-state index contributed by atoms with van der Waals surface area (Å²) >= 11 is 6.13. The molecule has 0 saturated carbocycles. The molecule has 0 saturated heterocycles. The highest BCUT2D eigenvalue weighted by atomic mass is 35.5. The second-order valence-electron chi connectivity index (χ2n) is 6.74. The van der Waals surface area contributed by atoms with Gasteiger partial charge in [-0.1, -0.05) is 61.0 Å². The number of benzene rings is 2. The Morgan fingerprint density at radius 3 is 2.45 bits per heavy atom. The molecular formula is C21H16ClF3N4. The summed E-state index contributed by atoms with van der Waals surface area (Å²) in [5.74, 6) is 0.106. The van der Waals surface area contributed by atoms with Gasteiger partial charge in [-0.15, -0.1) is 0 Å². The molecule has 8 heteroatoms. The van der Waals surface area contributed by atoms with Crippen molar-refractivity contribution in [2.75, 3.05) is 5.73 Å². The first kappa shape index (κ1) is 19.3. The quantitative estimate of drug-likeness (QED) is 0.459. The van der Waals surface area contributed by atoms with Crippen LogP contribution in [0.2, 0.25) is 5.15 Å². The number of imidazole rings is 1. The molecule has 0 aliphatic carbocycles. The van der Waals surface area contributed by atoms with Crippen molar-refractivity contribution in [2.24, 2.45) is 0 Å². The van der Waals surface area contributed by atoms with Crippen molar-refractivity contribution >= 4 is 22.9 Å². The third kappa shape index (κ3) is 3.53. The lowest BCUT2D eigenvalue weighted by molar-refractivity contribution is -0.137. The molecule has 4 aromatic rings. The minimum atomic E-state index is -4.36. The fourth-order valence-corrected chi connectivity index (χ4v) is 3.50. The number of halogens is 4. The van der Waals surface area contributed by atoms with E-state index in [1.807, 2.05) is 31.2 Å². The fourth-order valence-electron chi connectivity index (χ4n) is 3.32. The van der Waals surface area contributed by atoms with Gasteiger partial charge in [-0.05, 0) is 17.2 Å². The number of alkyl halides is 3. The third-order valence-corrected chi connectivity index (χ3v) is 5.23. The van der Waals surface area contributed by atoms with E-state index in [1.54, 1.807) is 16.8 Å². The second-order valence-corrected chi connectivity index (χ2v) is 7.13. The number of hydrogen-bond donors (Lipinski definition) is 1. The number of nitrogen functional groups attached to an aromatic ring is 1. The van der Waals surface area contributed by atoms with E-state index in [2.05, 4.69) is 9.97 Å². The minimum absolute atomic E-state index is 0.203. The van der Waals surface area contributed by atoms with Gasteiger partial charge in [-0.25, -0.2) is 9.97 Å². The Kier molecular flexibility index (Phi) is 4.70. The topological polar surface area (TPSA) is 56.2 Å². The Morgan fingerprint density at radius 2 is 1.76 bits per heavy atom. The van der Waals surface area contributed by atoms with Crippen LogP contribution in [0.25, 0.3) is 16.8 Å². The summed E-state index contributed by atoms with van der Waals surface area (Å²) in [7, 11) is 0. The van der Waals surface area contributed by atoms with Crippen LogP contribution < -0.4 is 5.73 Å². The molecular weight excluding hydrogens is 401 g/mol. The largest absolute Gasteiger partial charge is 0.416 e. The smallest absolute Gasteiger partial charge is 0.382 e. The number of rotatable bonds is 3. The van der Waals surface area contributed by atoms with Gasteiger partial charge in [0.25, 0.3) is 0 Å². The average Bonchev–Trinajstić information content (AvgIpc) is 3.16. The highest BCUT2D eigenvalue weighted by Gasteiger charge is 2.30. The third-order valence-electron chi connectivity index (χ3n) is 4.95. The Morgan fingerprint density at radius 1 is 1.03 bits per heavy atom. The van der Waals surface area contributed by atoms with Gasteiger partial charge >= 0.3 is 6.18 Å². The standard InChI is InChI=1S/C21H16ClF3N4/c1-12(15-3-2-4-16(9-15)21(23,24)25)13-5-7-14(8-6-13)18-19-20(26)27-10-17(22)29(19)11-28-18/h2-12H,1H3,(H2,26,27)/t12-/m0/s1. The van der Waals surface area contributed by atoms with Crippen LogP contribution in [0.15, 0.2) is 61.1 Å². The molecule has 0 unspecified atom stereocenters. The van der Waals surface area contributed by atoms with Crippen LogP contribution >= 0.6 is 11.6 Å². The van der Waals surface area contributed by atoms with Crippen molar-refractivity contribution in [1.29, 1.82) is 0 Å². The summed E-state index contributed by atoms with van der Waals surface area (Å²) in [5, 5.41) is 0.391. The highest BCUT2D eigenvalue weighted by Crippen LogP contribution is 2.34. The molecule has 2 aromatic carbocycles. The van der Waals surface area contributed by atoms with Gasteiger partial charge in [0.05, 0.1) is 17.5 Å². The maximum absolute atomic E-state index is 13.0. The first-order valence-corrected chi connectivity index (χ1v) is 9.18. The SMILES string of the molecule is C[C@@H](c1ccc(-c2ncn3c(Cl)cnc(N)c23)cc1)c1cccc(C(F)(F)F)c1. The van der Waals surface area contributed by atoms with Gasteiger partial charge in [0.1, 0.15) is 22.8 Å². The van der Waals surface area contributed by atoms with E-state index in [9.17, 15) is 13.2 Å². The molecule has 0 aliphatic heterocycles. The molecule has 1 atom stereocenters. The summed E-state index contributed by atoms with van der Waals surface area (Å²) in [4.78, 5) is 8.46. The minimum Gasteiger partial charge on any atom is -0.382 e. The molecule has 4 rings (SSSR count). The first-order valence-electron chi connectivity index (χ1n) is 8.80. The van der Waals surface area contributed by atoms with Crippen molar-refractivity contribution < 1.29 is 13.2 Å². The van der Waals surface area contributed by atoms with E-state index >= 15 is 0 Å². The molecule has 148 valence electrons. The zero-order valence-corrected chi connectivity index (χ0v) is 16.0. The molecule has 0 spiro atoms. The number of aromatic nitrogens is 3. The van der Waals surface area contributed by atoms with Gasteiger partial charge in [0.2, 0.25) is 0 Å². The van der Waals surface area contributed by atoms with Crippen molar-refractivity contribution in [1.82, 2.24) is 14.4 Å². The lowest BCUT2D eigenvalue weighted by Gasteiger charge is -2.15. The molecule has 2 heterocycles. The molecule has 4 nitrogen and oxygen atoms in total. The van der Waals surface area contributed by atoms with Gasteiger partial charge in [-0.2, -0.15) is 13.2 Å². The van der Waals surface area contributed by atoms with Crippen LogP contribution in [0, 0.1) is 0 Å². The van der Waals surface area contributed by atoms with Crippen LogP contribution in [0.1, 0.15) is 29.5 Å². The van der Waals surface area contributed by atoms with E-state index in [0.717, 1.165) is 17.2 Å². The molecule has 0 bridgehead atoms. The normalized spacial score (nSPS) is 13.0. The number of anilines is 1. The van der Waals surface area contributed by atoms with Gasteiger partial charge in [-0.3, -0.25) is 4.40 Å². The monoisotopic (exact) mass is 416 g/mol. The summed E-state index contributed by atoms with van der Waals surface area (Å²) in [6.07, 6.45) is -1.34. The molecule has 2 N–H and O–H groups in total. The highest BCUT2D eigenvalue weighted by molar-refractivity contribution is 6.29. The number of fused-ring (bicyclic) bond motifs is 1. The predicted molar refractivity (Wildman–Crippen MR) is 107 cm³/mol. The zero-order valence-electron chi connectivity index (χ0n) is 15.3. The zero-order chi connectivity index (χ0) is 20.8.